The zero-order chi connectivity index (χ0) is 32.6. The van der Waals surface area contributed by atoms with Gasteiger partial charge in [0.1, 0.15) is 0 Å². The molecule has 0 aromatic carbocycles. The zero-order valence-corrected chi connectivity index (χ0v) is 28.5. The molecule has 0 amide bonds. The molecule has 44 heavy (non-hydrogen) atoms. The van der Waals surface area contributed by atoms with Gasteiger partial charge in [0.25, 0.3) is 0 Å². The van der Waals surface area contributed by atoms with Crippen molar-refractivity contribution in [2.24, 2.45) is 0 Å². The minimum absolute atomic E-state index is 0.0613. The lowest BCUT2D eigenvalue weighted by atomic mass is 10.0. The Bertz CT molecular complexity index is 668. The van der Waals surface area contributed by atoms with E-state index < -0.39 is 17.9 Å². The minimum Gasteiger partial charge on any atom is -0.550 e. The van der Waals surface area contributed by atoms with Crippen LogP contribution < -0.4 is 5.11 Å². The molecule has 0 saturated carbocycles. The fourth-order valence-corrected chi connectivity index (χ4v) is 6.24. The van der Waals surface area contributed by atoms with E-state index in [0.29, 0.717) is 19.3 Å². The number of allylic oxidation sites excluding steroid dienone is 2. The SMILES string of the molecule is CCCCCCCCCCCCC/C=C/CCCCCCC[N+](CCCCC(=O)[O-])(CCCCC(=O)O)CCCCC(=O)O. The van der Waals surface area contributed by atoms with Crippen LogP contribution in [0.5, 0.6) is 0 Å². The lowest BCUT2D eigenvalue weighted by Gasteiger charge is -2.39. The van der Waals surface area contributed by atoms with E-state index in [1.807, 2.05) is 0 Å². The second kappa shape index (κ2) is 31.1. The van der Waals surface area contributed by atoms with E-state index in [1.165, 1.54) is 96.3 Å². The molecule has 2 N–H and O–H groups in total. The molecule has 258 valence electrons. The van der Waals surface area contributed by atoms with Gasteiger partial charge in [-0.3, -0.25) is 9.59 Å². The van der Waals surface area contributed by atoms with Gasteiger partial charge in [0.05, 0.1) is 26.2 Å². The van der Waals surface area contributed by atoms with E-state index >= 15 is 0 Å². The quantitative estimate of drug-likeness (QED) is 0.0414. The summed E-state index contributed by atoms with van der Waals surface area (Å²) < 4.78 is 0.841. The topological polar surface area (TPSA) is 115 Å². The summed E-state index contributed by atoms with van der Waals surface area (Å²) in [7, 11) is 0. The maximum absolute atomic E-state index is 11.0. The first kappa shape index (κ1) is 42.1. The van der Waals surface area contributed by atoms with Crippen molar-refractivity contribution in [2.75, 3.05) is 26.2 Å². The Morgan fingerprint density at radius 2 is 0.795 bits per heavy atom. The molecule has 0 aromatic rings. The molecule has 0 aliphatic heterocycles. The van der Waals surface area contributed by atoms with Gasteiger partial charge in [-0.25, -0.2) is 0 Å². The Morgan fingerprint density at radius 1 is 0.477 bits per heavy atom. The molecule has 0 heterocycles. The fourth-order valence-electron chi connectivity index (χ4n) is 6.24. The molecule has 0 bridgehead atoms. The van der Waals surface area contributed by atoms with E-state index in [9.17, 15) is 19.5 Å². The van der Waals surface area contributed by atoms with Crippen LogP contribution in [-0.2, 0) is 14.4 Å². The molecule has 0 aliphatic carbocycles. The highest BCUT2D eigenvalue weighted by Gasteiger charge is 2.26. The first-order valence-electron chi connectivity index (χ1n) is 18.4. The first-order valence-corrected chi connectivity index (χ1v) is 18.4. The summed E-state index contributed by atoms with van der Waals surface area (Å²) in [6.45, 7) is 5.86. The highest BCUT2D eigenvalue weighted by Crippen LogP contribution is 2.19. The predicted molar refractivity (Wildman–Crippen MR) is 179 cm³/mol. The minimum atomic E-state index is -1.02. The van der Waals surface area contributed by atoms with Crippen molar-refractivity contribution in [2.45, 2.75) is 180 Å². The van der Waals surface area contributed by atoms with E-state index in [-0.39, 0.29) is 19.3 Å². The number of quaternary nitrogens is 1. The molecule has 0 spiro atoms. The van der Waals surface area contributed by atoms with Gasteiger partial charge in [-0.15, -0.1) is 0 Å². The lowest BCUT2D eigenvalue weighted by Crippen LogP contribution is -2.51. The van der Waals surface area contributed by atoms with Crippen LogP contribution in [0.3, 0.4) is 0 Å². The third kappa shape index (κ3) is 30.1. The molecule has 0 unspecified atom stereocenters. The maximum Gasteiger partial charge on any atom is 0.303 e. The summed E-state index contributed by atoms with van der Waals surface area (Å²) >= 11 is 0. The third-order valence-corrected chi connectivity index (χ3v) is 8.95. The van der Waals surface area contributed by atoms with Crippen LogP contribution in [0.2, 0.25) is 0 Å². The third-order valence-electron chi connectivity index (χ3n) is 8.95. The summed E-state index contributed by atoms with van der Waals surface area (Å²) in [5.74, 6) is -2.57. The number of nitrogens with zero attached hydrogens (tertiary/aromatic N) is 1. The van der Waals surface area contributed by atoms with Crippen LogP contribution in [0.1, 0.15) is 180 Å². The Morgan fingerprint density at radius 3 is 1.16 bits per heavy atom. The average molecular weight is 624 g/mol. The van der Waals surface area contributed by atoms with Gasteiger partial charge >= 0.3 is 11.9 Å². The Hall–Kier alpha value is -1.89. The number of unbranched alkanes of at least 4 members (excludes halogenated alkanes) is 19. The number of aliphatic carboxylic acids is 3. The van der Waals surface area contributed by atoms with E-state index in [4.69, 9.17) is 10.2 Å². The maximum atomic E-state index is 11.0. The van der Waals surface area contributed by atoms with Crippen LogP contribution in [-0.4, -0.2) is 58.8 Å². The fraction of sp³-hybridized carbons (Fsp3) is 0.865. The second-order valence-corrected chi connectivity index (χ2v) is 13.1. The molecular formula is C37H69NO6. The van der Waals surface area contributed by atoms with Crippen molar-refractivity contribution < 1.29 is 34.2 Å². The van der Waals surface area contributed by atoms with E-state index in [1.54, 1.807) is 0 Å². The summed E-state index contributed by atoms with van der Waals surface area (Å²) in [6.07, 6.45) is 32.9. The van der Waals surface area contributed by atoms with Crippen molar-refractivity contribution in [1.82, 2.24) is 0 Å². The molecule has 0 rings (SSSR count). The van der Waals surface area contributed by atoms with E-state index in [0.717, 1.165) is 69.2 Å². The van der Waals surface area contributed by atoms with Gasteiger partial charge in [-0.2, -0.15) is 0 Å². The van der Waals surface area contributed by atoms with Crippen molar-refractivity contribution in [3.8, 4) is 0 Å². The Kier molecular flexibility index (Phi) is 29.8. The van der Waals surface area contributed by atoms with Gasteiger partial charge in [-0.1, -0.05) is 96.1 Å². The van der Waals surface area contributed by atoms with Crippen LogP contribution in [0, 0.1) is 0 Å². The molecule has 7 heteroatoms. The summed E-state index contributed by atoms with van der Waals surface area (Å²) in [5, 5.41) is 29.0. The largest absolute Gasteiger partial charge is 0.550 e. The number of hydrogen-bond acceptors (Lipinski definition) is 4. The van der Waals surface area contributed by atoms with Gasteiger partial charge in [-0.05, 0) is 83.5 Å². The van der Waals surface area contributed by atoms with Crippen molar-refractivity contribution in [3.05, 3.63) is 12.2 Å². The van der Waals surface area contributed by atoms with Crippen molar-refractivity contribution in [3.63, 3.8) is 0 Å². The monoisotopic (exact) mass is 624 g/mol. The summed E-state index contributed by atoms with van der Waals surface area (Å²) in [6, 6.07) is 0. The number of carboxylic acid groups (broad SMARTS) is 3. The van der Waals surface area contributed by atoms with Crippen LogP contribution in [0.25, 0.3) is 0 Å². The van der Waals surface area contributed by atoms with Crippen molar-refractivity contribution >= 4 is 17.9 Å². The normalized spacial score (nSPS) is 11.8. The number of carboxylic acids is 3. The van der Waals surface area contributed by atoms with Crippen molar-refractivity contribution in [1.29, 1.82) is 0 Å². The second-order valence-electron chi connectivity index (χ2n) is 13.1. The lowest BCUT2D eigenvalue weighted by molar-refractivity contribution is -0.929. The Balaban J connectivity index is 4.28. The van der Waals surface area contributed by atoms with Crippen LogP contribution >= 0.6 is 0 Å². The summed E-state index contributed by atoms with van der Waals surface area (Å²) in [5.41, 5.74) is 0. The van der Waals surface area contributed by atoms with Gasteiger partial charge in [0, 0.05) is 18.8 Å². The van der Waals surface area contributed by atoms with Gasteiger partial charge in [0.2, 0.25) is 0 Å². The highest BCUT2D eigenvalue weighted by molar-refractivity contribution is 5.66. The molecule has 0 atom stereocenters. The van der Waals surface area contributed by atoms with Crippen LogP contribution in [0.4, 0.5) is 0 Å². The molecular weight excluding hydrogens is 554 g/mol. The molecule has 0 fully saturated rings. The van der Waals surface area contributed by atoms with Gasteiger partial charge < -0.3 is 24.6 Å². The standard InChI is InChI=1S/C37H69NO6/c1-2-3-4-5-6-7-8-9-10-11-12-13-14-15-16-17-18-19-20-24-31-38(32-25-21-28-35(39)40,33-26-22-29-36(41)42)34-27-23-30-37(43)44/h14-15H,2-13,16-34H2,1H3,(H2-,39,40,41,42,43,44)/b15-14+. The molecule has 0 saturated heterocycles. The molecule has 0 aromatic heterocycles. The molecule has 7 nitrogen and oxygen atoms in total. The van der Waals surface area contributed by atoms with Crippen LogP contribution in [0.15, 0.2) is 12.2 Å². The average Bonchev–Trinajstić information content (AvgIpc) is 2.98. The van der Waals surface area contributed by atoms with E-state index in [2.05, 4.69) is 19.1 Å². The first-order chi connectivity index (χ1) is 21.3. The highest BCUT2D eigenvalue weighted by atomic mass is 16.4. The number of rotatable bonds is 35. The number of carbonyl (C=O) groups is 3. The zero-order valence-electron chi connectivity index (χ0n) is 28.5. The predicted octanol–water partition coefficient (Wildman–Crippen LogP) is 8.83. The molecule has 0 radical (unpaired) electrons. The number of carbonyl (C=O) groups excluding carboxylic acids is 1. The number of hydrogen-bond donors (Lipinski definition) is 2. The Labute approximate surface area is 270 Å². The van der Waals surface area contributed by atoms with Gasteiger partial charge in [0.15, 0.2) is 0 Å². The summed E-state index contributed by atoms with van der Waals surface area (Å²) in [4.78, 5) is 32.9. The molecule has 0 aliphatic rings. The smallest absolute Gasteiger partial charge is 0.303 e.